The second-order valence-electron chi connectivity index (χ2n) is 4.60. The first-order valence-corrected chi connectivity index (χ1v) is 7.39. The lowest BCUT2D eigenvalue weighted by Crippen LogP contribution is -2.05. The third kappa shape index (κ3) is 5.12. The third-order valence-corrected chi connectivity index (χ3v) is 3.25. The zero-order valence-corrected chi connectivity index (χ0v) is 12.8. The van der Waals surface area contributed by atoms with Gasteiger partial charge in [0.2, 0.25) is 0 Å². The minimum absolute atomic E-state index is 0.605. The van der Waals surface area contributed by atoms with Crippen molar-refractivity contribution >= 4 is 17.8 Å². The largest absolute Gasteiger partial charge is 0.494 e. The van der Waals surface area contributed by atoms with E-state index in [-0.39, 0.29) is 0 Å². The van der Waals surface area contributed by atoms with Gasteiger partial charge in [0.05, 0.1) is 19.4 Å². The van der Waals surface area contributed by atoms with Gasteiger partial charge in [0.25, 0.3) is 0 Å². The van der Waals surface area contributed by atoms with E-state index in [1.54, 1.807) is 6.21 Å². The molecule has 0 amide bonds. The number of hydrogen-bond acceptors (Lipinski definition) is 3. The molecule has 1 N–H and O–H groups in total. The van der Waals surface area contributed by atoms with Crippen LogP contribution in [0.4, 0.5) is 0 Å². The SMILES string of the molecule is CCCOc1ccc(/C=N\NCc2ccccc2Cl)cc1. The van der Waals surface area contributed by atoms with Crippen LogP contribution in [0, 0.1) is 0 Å². The summed E-state index contributed by atoms with van der Waals surface area (Å²) < 4.78 is 5.53. The Balaban J connectivity index is 1.83. The van der Waals surface area contributed by atoms with Gasteiger partial charge in [-0.3, -0.25) is 0 Å². The molecular weight excluding hydrogens is 284 g/mol. The van der Waals surface area contributed by atoms with E-state index in [9.17, 15) is 0 Å². The monoisotopic (exact) mass is 302 g/mol. The Morgan fingerprint density at radius 1 is 1.14 bits per heavy atom. The van der Waals surface area contributed by atoms with Gasteiger partial charge >= 0.3 is 0 Å². The summed E-state index contributed by atoms with van der Waals surface area (Å²) >= 11 is 6.07. The first-order valence-electron chi connectivity index (χ1n) is 7.02. The molecule has 110 valence electrons. The number of ether oxygens (including phenoxy) is 1. The summed E-state index contributed by atoms with van der Waals surface area (Å²) in [6.07, 6.45) is 2.79. The first-order chi connectivity index (χ1) is 10.3. The van der Waals surface area contributed by atoms with Crippen LogP contribution in [0.25, 0.3) is 0 Å². The zero-order chi connectivity index (χ0) is 14.9. The van der Waals surface area contributed by atoms with Crippen molar-refractivity contribution in [3.63, 3.8) is 0 Å². The van der Waals surface area contributed by atoms with E-state index in [2.05, 4.69) is 17.5 Å². The molecule has 0 fully saturated rings. The van der Waals surface area contributed by atoms with Crippen LogP contribution < -0.4 is 10.2 Å². The predicted octanol–water partition coefficient (Wildman–Crippen LogP) is 4.25. The van der Waals surface area contributed by atoms with Gasteiger partial charge in [0.1, 0.15) is 5.75 Å². The molecule has 3 nitrogen and oxygen atoms in total. The van der Waals surface area contributed by atoms with Gasteiger partial charge in [0.15, 0.2) is 0 Å². The molecule has 2 aromatic rings. The Labute approximate surface area is 130 Å². The summed E-state index contributed by atoms with van der Waals surface area (Å²) in [5.74, 6) is 0.887. The van der Waals surface area contributed by atoms with Crippen molar-refractivity contribution in [2.45, 2.75) is 19.9 Å². The number of nitrogens with zero attached hydrogens (tertiary/aromatic N) is 1. The van der Waals surface area contributed by atoms with Gasteiger partial charge in [-0.15, -0.1) is 0 Å². The Morgan fingerprint density at radius 2 is 1.90 bits per heavy atom. The molecule has 21 heavy (non-hydrogen) atoms. The van der Waals surface area contributed by atoms with Gasteiger partial charge in [-0.05, 0) is 47.9 Å². The highest BCUT2D eigenvalue weighted by molar-refractivity contribution is 6.31. The van der Waals surface area contributed by atoms with Gasteiger partial charge in [-0.25, -0.2) is 0 Å². The van der Waals surface area contributed by atoms with Crippen LogP contribution >= 0.6 is 11.6 Å². The smallest absolute Gasteiger partial charge is 0.119 e. The minimum atomic E-state index is 0.605. The lowest BCUT2D eigenvalue weighted by Gasteiger charge is -2.04. The maximum absolute atomic E-state index is 6.07. The summed E-state index contributed by atoms with van der Waals surface area (Å²) in [5, 5.41) is 4.94. The standard InChI is InChI=1S/C17H19ClN2O/c1-2-11-21-16-9-7-14(8-10-16)12-19-20-13-15-5-3-4-6-17(15)18/h3-10,12,20H,2,11,13H2,1H3/b19-12-. The normalized spacial score (nSPS) is 10.8. The third-order valence-electron chi connectivity index (χ3n) is 2.89. The van der Waals surface area contributed by atoms with Crippen molar-refractivity contribution in [1.29, 1.82) is 0 Å². The van der Waals surface area contributed by atoms with Crippen LogP contribution in [0.1, 0.15) is 24.5 Å². The second kappa shape index (κ2) is 8.32. The van der Waals surface area contributed by atoms with Crippen molar-refractivity contribution in [3.05, 3.63) is 64.7 Å². The maximum atomic E-state index is 6.07. The molecule has 0 aliphatic carbocycles. The Kier molecular flexibility index (Phi) is 6.10. The molecule has 0 radical (unpaired) electrons. The summed E-state index contributed by atoms with van der Waals surface area (Å²) in [6.45, 7) is 3.44. The van der Waals surface area contributed by atoms with Crippen molar-refractivity contribution in [3.8, 4) is 5.75 Å². The summed E-state index contributed by atoms with van der Waals surface area (Å²) in [4.78, 5) is 0. The molecule has 0 unspecified atom stereocenters. The number of rotatable bonds is 7. The zero-order valence-electron chi connectivity index (χ0n) is 12.1. The molecule has 0 heterocycles. The molecule has 0 aliphatic rings. The lowest BCUT2D eigenvalue weighted by molar-refractivity contribution is 0.317. The van der Waals surface area contributed by atoms with Crippen LogP contribution in [0.15, 0.2) is 53.6 Å². The van der Waals surface area contributed by atoms with E-state index >= 15 is 0 Å². The second-order valence-corrected chi connectivity index (χ2v) is 5.01. The molecule has 0 atom stereocenters. The fourth-order valence-electron chi connectivity index (χ4n) is 1.76. The highest BCUT2D eigenvalue weighted by atomic mass is 35.5. The molecule has 2 aromatic carbocycles. The summed E-state index contributed by atoms with van der Waals surface area (Å²) in [5.41, 5.74) is 5.04. The van der Waals surface area contributed by atoms with Gasteiger partial charge in [-0.1, -0.05) is 36.7 Å². The summed E-state index contributed by atoms with van der Waals surface area (Å²) in [6, 6.07) is 15.6. The Bertz CT molecular complexity index is 582. The van der Waals surface area contributed by atoms with Crippen LogP contribution in [-0.2, 0) is 6.54 Å². The number of nitrogens with one attached hydrogen (secondary N) is 1. The number of hydrazone groups is 1. The highest BCUT2D eigenvalue weighted by Gasteiger charge is 1.96. The quantitative estimate of drug-likeness (QED) is 0.612. The van der Waals surface area contributed by atoms with Crippen LogP contribution in [0.3, 0.4) is 0 Å². The van der Waals surface area contributed by atoms with Crippen molar-refractivity contribution in [2.75, 3.05) is 6.61 Å². The van der Waals surface area contributed by atoms with E-state index in [4.69, 9.17) is 16.3 Å². The van der Waals surface area contributed by atoms with Crippen LogP contribution in [-0.4, -0.2) is 12.8 Å². The van der Waals surface area contributed by atoms with Crippen LogP contribution in [0.2, 0.25) is 5.02 Å². The molecule has 0 spiro atoms. The lowest BCUT2D eigenvalue weighted by atomic mass is 10.2. The number of halogens is 1. The number of benzene rings is 2. The topological polar surface area (TPSA) is 33.6 Å². The van der Waals surface area contributed by atoms with Gasteiger partial charge in [0, 0.05) is 5.02 Å². The van der Waals surface area contributed by atoms with E-state index in [0.717, 1.165) is 34.9 Å². The average molecular weight is 303 g/mol. The fraction of sp³-hybridized carbons (Fsp3) is 0.235. The van der Waals surface area contributed by atoms with Crippen LogP contribution in [0.5, 0.6) is 5.75 Å². The van der Waals surface area contributed by atoms with E-state index in [0.29, 0.717) is 6.54 Å². The Hall–Kier alpha value is -2.00. The van der Waals surface area contributed by atoms with E-state index < -0.39 is 0 Å². The summed E-state index contributed by atoms with van der Waals surface area (Å²) in [7, 11) is 0. The minimum Gasteiger partial charge on any atom is -0.494 e. The molecular formula is C17H19ClN2O. The average Bonchev–Trinajstić information content (AvgIpc) is 2.52. The van der Waals surface area contributed by atoms with E-state index in [1.807, 2.05) is 48.5 Å². The first kappa shape index (κ1) is 15.4. The fourth-order valence-corrected chi connectivity index (χ4v) is 1.97. The molecule has 0 saturated heterocycles. The molecule has 4 heteroatoms. The van der Waals surface area contributed by atoms with Crippen molar-refractivity contribution in [2.24, 2.45) is 5.10 Å². The molecule has 0 saturated carbocycles. The number of hydrogen-bond donors (Lipinski definition) is 1. The van der Waals surface area contributed by atoms with E-state index in [1.165, 1.54) is 0 Å². The van der Waals surface area contributed by atoms with Gasteiger partial charge in [-0.2, -0.15) is 5.10 Å². The molecule has 0 aromatic heterocycles. The van der Waals surface area contributed by atoms with Crippen molar-refractivity contribution in [1.82, 2.24) is 5.43 Å². The van der Waals surface area contributed by atoms with Crippen molar-refractivity contribution < 1.29 is 4.74 Å². The molecule has 0 bridgehead atoms. The maximum Gasteiger partial charge on any atom is 0.119 e. The van der Waals surface area contributed by atoms with Gasteiger partial charge < -0.3 is 10.2 Å². The Morgan fingerprint density at radius 3 is 2.62 bits per heavy atom. The predicted molar refractivity (Wildman–Crippen MR) is 88.1 cm³/mol. The molecule has 0 aliphatic heterocycles. The highest BCUT2D eigenvalue weighted by Crippen LogP contribution is 2.14. The molecule has 2 rings (SSSR count).